The van der Waals surface area contributed by atoms with Crippen LogP contribution < -0.4 is 0 Å². The molecule has 0 radical (unpaired) electrons. The SMILES string of the molecule is O=C(Sc1nc2ccccc2[nH]1)c1ccccn1. The van der Waals surface area contributed by atoms with E-state index in [2.05, 4.69) is 15.0 Å². The molecule has 3 aromatic rings. The summed E-state index contributed by atoms with van der Waals surface area (Å²) in [6, 6.07) is 12.9. The summed E-state index contributed by atoms with van der Waals surface area (Å²) in [4.78, 5) is 23.4. The summed E-state index contributed by atoms with van der Waals surface area (Å²) in [7, 11) is 0. The van der Waals surface area contributed by atoms with Gasteiger partial charge >= 0.3 is 0 Å². The molecule has 0 saturated heterocycles. The molecule has 0 aliphatic rings. The van der Waals surface area contributed by atoms with Gasteiger partial charge in [0.05, 0.1) is 11.0 Å². The van der Waals surface area contributed by atoms with Crippen LogP contribution in [0.4, 0.5) is 0 Å². The van der Waals surface area contributed by atoms with Gasteiger partial charge in [-0.1, -0.05) is 18.2 Å². The second-order valence-electron chi connectivity index (χ2n) is 3.66. The van der Waals surface area contributed by atoms with Crippen molar-refractivity contribution in [1.29, 1.82) is 0 Å². The van der Waals surface area contributed by atoms with Gasteiger partial charge < -0.3 is 4.98 Å². The van der Waals surface area contributed by atoms with Gasteiger partial charge in [-0.3, -0.25) is 9.78 Å². The van der Waals surface area contributed by atoms with E-state index in [9.17, 15) is 4.79 Å². The normalized spacial score (nSPS) is 10.7. The van der Waals surface area contributed by atoms with Crippen LogP contribution in [0.25, 0.3) is 11.0 Å². The predicted octanol–water partition coefficient (Wildman–Crippen LogP) is 2.89. The van der Waals surface area contributed by atoms with E-state index in [1.807, 2.05) is 24.3 Å². The van der Waals surface area contributed by atoms with Gasteiger partial charge in [0.25, 0.3) is 0 Å². The van der Waals surface area contributed by atoms with Crippen molar-refractivity contribution in [3.63, 3.8) is 0 Å². The fourth-order valence-corrected chi connectivity index (χ4v) is 2.31. The zero-order valence-corrected chi connectivity index (χ0v) is 10.1. The summed E-state index contributed by atoms with van der Waals surface area (Å²) in [5.41, 5.74) is 2.21. The second kappa shape index (κ2) is 4.62. The average molecular weight is 255 g/mol. The number of para-hydroxylation sites is 2. The Morgan fingerprint density at radius 1 is 1.11 bits per heavy atom. The third-order valence-electron chi connectivity index (χ3n) is 2.43. The third-order valence-corrected chi connectivity index (χ3v) is 3.21. The molecule has 0 aliphatic heterocycles. The van der Waals surface area contributed by atoms with E-state index in [0.29, 0.717) is 10.9 Å². The monoisotopic (exact) mass is 255 g/mol. The molecule has 0 fully saturated rings. The lowest BCUT2D eigenvalue weighted by Crippen LogP contribution is -1.96. The zero-order chi connectivity index (χ0) is 12.4. The van der Waals surface area contributed by atoms with Gasteiger partial charge in [-0.05, 0) is 36.0 Å². The molecule has 5 heteroatoms. The number of carbonyl (C=O) groups excluding carboxylic acids is 1. The number of rotatable bonds is 2. The van der Waals surface area contributed by atoms with Gasteiger partial charge in [-0.15, -0.1) is 0 Å². The maximum atomic E-state index is 11.9. The molecular weight excluding hydrogens is 246 g/mol. The van der Waals surface area contributed by atoms with Crippen molar-refractivity contribution in [2.75, 3.05) is 0 Å². The van der Waals surface area contributed by atoms with Crippen LogP contribution in [0.1, 0.15) is 10.5 Å². The van der Waals surface area contributed by atoms with Crippen LogP contribution in [-0.4, -0.2) is 20.1 Å². The topological polar surface area (TPSA) is 58.6 Å². The number of H-pyrrole nitrogens is 1. The van der Waals surface area contributed by atoms with Crippen molar-refractivity contribution in [2.24, 2.45) is 0 Å². The van der Waals surface area contributed by atoms with Crippen LogP contribution in [-0.2, 0) is 0 Å². The van der Waals surface area contributed by atoms with Crippen LogP contribution in [0.2, 0.25) is 0 Å². The summed E-state index contributed by atoms with van der Waals surface area (Å²) in [5.74, 6) is 0. The number of hydrogen-bond donors (Lipinski definition) is 1. The molecule has 3 rings (SSSR count). The fraction of sp³-hybridized carbons (Fsp3) is 0. The second-order valence-corrected chi connectivity index (χ2v) is 4.63. The number of benzene rings is 1. The minimum absolute atomic E-state index is 0.116. The van der Waals surface area contributed by atoms with Crippen LogP contribution in [0.3, 0.4) is 0 Å². The molecule has 18 heavy (non-hydrogen) atoms. The highest BCUT2D eigenvalue weighted by Crippen LogP contribution is 2.22. The van der Waals surface area contributed by atoms with E-state index in [4.69, 9.17) is 0 Å². The molecule has 88 valence electrons. The van der Waals surface area contributed by atoms with Gasteiger partial charge in [0, 0.05) is 6.20 Å². The first kappa shape index (κ1) is 11.0. The lowest BCUT2D eigenvalue weighted by atomic mass is 10.3. The average Bonchev–Trinajstić information content (AvgIpc) is 2.82. The first-order valence-corrected chi connectivity index (χ1v) is 6.22. The standard InChI is InChI=1S/C13H9N3OS/c17-12(11-7-3-4-8-14-11)18-13-15-9-5-1-2-6-10(9)16-13/h1-8H,(H,15,16). The Morgan fingerprint density at radius 3 is 2.72 bits per heavy atom. The van der Waals surface area contributed by atoms with E-state index in [1.165, 1.54) is 0 Å². The minimum atomic E-state index is -0.116. The number of aromatic amines is 1. The van der Waals surface area contributed by atoms with E-state index >= 15 is 0 Å². The van der Waals surface area contributed by atoms with Crippen molar-refractivity contribution in [2.45, 2.75) is 5.16 Å². The number of nitrogens with one attached hydrogen (secondary N) is 1. The van der Waals surface area contributed by atoms with Crippen LogP contribution >= 0.6 is 11.8 Å². The van der Waals surface area contributed by atoms with Crippen molar-refractivity contribution >= 4 is 27.9 Å². The summed E-state index contributed by atoms with van der Waals surface area (Å²) < 4.78 is 0. The Balaban J connectivity index is 1.86. The minimum Gasteiger partial charge on any atom is -0.333 e. The Labute approximate surface area is 107 Å². The Morgan fingerprint density at radius 2 is 1.94 bits per heavy atom. The maximum Gasteiger partial charge on any atom is 0.245 e. The number of pyridine rings is 1. The van der Waals surface area contributed by atoms with E-state index in [0.717, 1.165) is 22.8 Å². The highest BCUT2D eigenvalue weighted by Gasteiger charge is 2.11. The number of hydrogen-bond acceptors (Lipinski definition) is 4. The largest absolute Gasteiger partial charge is 0.333 e. The number of carbonyl (C=O) groups is 1. The Hall–Kier alpha value is -2.14. The third kappa shape index (κ3) is 2.12. The molecule has 0 atom stereocenters. The summed E-state index contributed by atoms with van der Waals surface area (Å²) in [5, 5.41) is 0.474. The van der Waals surface area contributed by atoms with E-state index < -0.39 is 0 Å². The lowest BCUT2D eigenvalue weighted by Gasteiger charge is -1.95. The summed E-state index contributed by atoms with van der Waals surface area (Å²) in [6.45, 7) is 0. The van der Waals surface area contributed by atoms with Crippen LogP contribution in [0.15, 0.2) is 53.8 Å². The predicted molar refractivity (Wildman–Crippen MR) is 70.5 cm³/mol. The van der Waals surface area contributed by atoms with Gasteiger partial charge in [-0.2, -0.15) is 0 Å². The molecule has 0 saturated carbocycles. The van der Waals surface area contributed by atoms with Crippen LogP contribution in [0, 0.1) is 0 Å². The lowest BCUT2D eigenvalue weighted by molar-refractivity contribution is 0.108. The molecule has 0 unspecified atom stereocenters. The van der Waals surface area contributed by atoms with Gasteiger partial charge in [-0.25, -0.2) is 4.98 Å². The summed E-state index contributed by atoms with van der Waals surface area (Å²) >= 11 is 1.05. The van der Waals surface area contributed by atoms with Gasteiger partial charge in [0.1, 0.15) is 5.69 Å². The Kier molecular flexibility index (Phi) is 2.82. The maximum absolute atomic E-state index is 11.9. The number of imidazole rings is 1. The molecule has 1 aromatic carbocycles. The molecule has 0 spiro atoms. The molecule has 0 amide bonds. The Bertz CT molecular complexity index is 661. The van der Waals surface area contributed by atoms with E-state index in [1.54, 1.807) is 24.4 Å². The molecule has 0 bridgehead atoms. The molecule has 2 heterocycles. The first-order chi connectivity index (χ1) is 8.83. The van der Waals surface area contributed by atoms with Crippen molar-refractivity contribution in [3.05, 3.63) is 54.4 Å². The number of nitrogens with zero attached hydrogens (tertiary/aromatic N) is 2. The molecule has 2 aromatic heterocycles. The number of aromatic nitrogens is 3. The molecule has 4 nitrogen and oxygen atoms in total. The molecular formula is C13H9N3OS. The molecule has 0 aliphatic carbocycles. The van der Waals surface area contributed by atoms with Crippen molar-refractivity contribution < 1.29 is 4.79 Å². The highest BCUT2D eigenvalue weighted by molar-refractivity contribution is 8.14. The quantitative estimate of drug-likeness (QED) is 0.715. The molecule has 1 N–H and O–H groups in total. The fourth-order valence-electron chi connectivity index (χ4n) is 1.60. The van der Waals surface area contributed by atoms with E-state index in [-0.39, 0.29) is 5.12 Å². The first-order valence-electron chi connectivity index (χ1n) is 5.41. The number of thioether (sulfide) groups is 1. The summed E-state index contributed by atoms with van der Waals surface area (Å²) in [6.07, 6.45) is 1.60. The smallest absolute Gasteiger partial charge is 0.245 e. The highest BCUT2D eigenvalue weighted by atomic mass is 32.2. The van der Waals surface area contributed by atoms with Crippen molar-refractivity contribution in [3.8, 4) is 0 Å². The van der Waals surface area contributed by atoms with Crippen LogP contribution in [0.5, 0.6) is 0 Å². The van der Waals surface area contributed by atoms with Gasteiger partial charge in [0.2, 0.25) is 5.12 Å². The zero-order valence-electron chi connectivity index (χ0n) is 9.33. The van der Waals surface area contributed by atoms with Gasteiger partial charge in [0.15, 0.2) is 5.16 Å². The number of fused-ring (bicyclic) bond motifs is 1. The van der Waals surface area contributed by atoms with Crippen molar-refractivity contribution in [1.82, 2.24) is 15.0 Å².